The second kappa shape index (κ2) is 10.9. The SMILES string of the molecule is O=C(O)Cc1ccccc1OCc1ccccc1Cn1c(-c2ccc(OC(F)(F)F)cc2)nc2ccccc21. The molecule has 1 N–H and O–H groups in total. The minimum absolute atomic E-state index is 0.144. The van der Waals surface area contributed by atoms with Crippen molar-refractivity contribution in [3.05, 3.63) is 114 Å². The molecular formula is C30H23F3N2O4. The number of nitrogens with zero attached hydrogens (tertiary/aromatic N) is 2. The molecule has 5 aromatic rings. The zero-order valence-electron chi connectivity index (χ0n) is 20.6. The first-order valence-corrected chi connectivity index (χ1v) is 12.1. The van der Waals surface area contributed by atoms with E-state index in [1.54, 1.807) is 36.4 Å². The summed E-state index contributed by atoms with van der Waals surface area (Å²) in [5.41, 5.74) is 4.69. The highest BCUT2D eigenvalue weighted by Gasteiger charge is 2.31. The van der Waals surface area contributed by atoms with Crippen LogP contribution in [0.4, 0.5) is 13.2 Å². The third-order valence-corrected chi connectivity index (χ3v) is 6.14. The van der Waals surface area contributed by atoms with Crippen LogP contribution in [0.15, 0.2) is 97.1 Å². The summed E-state index contributed by atoms with van der Waals surface area (Å²) in [5, 5.41) is 9.21. The summed E-state index contributed by atoms with van der Waals surface area (Å²) in [6.45, 7) is 0.644. The molecule has 0 aliphatic carbocycles. The Hall–Kier alpha value is -4.79. The first kappa shape index (κ1) is 25.8. The first-order chi connectivity index (χ1) is 18.8. The lowest BCUT2D eigenvalue weighted by Crippen LogP contribution is -2.17. The van der Waals surface area contributed by atoms with Crippen LogP contribution in [-0.4, -0.2) is 27.0 Å². The molecule has 0 unspecified atom stereocenters. The number of rotatable bonds is 9. The number of carbonyl (C=O) groups is 1. The highest BCUT2D eigenvalue weighted by Crippen LogP contribution is 2.30. The van der Waals surface area contributed by atoms with Crippen LogP contribution >= 0.6 is 0 Å². The van der Waals surface area contributed by atoms with E-state index < -0.39 is 12.3 Å². The number of aromatic nitrogens is 2. The first-order valence-electron chi connectivity index (χ1n) is 12.1. The number of carboxylic acid groups (broad SMARTS) is 1. The Morgan fingerprint density at radius 2 is 1.46 bits per heavy atom. The molecule has 0 aliphatic heterocycles. The van der Waals surface area contributed by atoms with Crippen LogP contribution in [-0.2, 0) is 24.4 Å². The van der Waals surface area contributed by atoms with E-state index in [9.17, 15) is 23.1 Å². The molecule has 39 heavy (non-hydrogen) atoms. The molecule has 0 aliphatic rings. The van der Waals surface area contributed by atoms with Gasteiger partial charge in [0.15, 0.2) is 0 Å². The van der Waals surface area contributed by atoms with Gasteiger partial charge in [-0.15, -0.1) is 13.2 Å². The predicted octanol–water partition coefficient (Wildman–Crippen LogP) is 6.86. The molecule has 0 spiro atoms. The third kappa shape index (κ3) is 6.20. The Kier molecular flexibility index (Phi) is 7.23. The number of ether oxygens (including phenoxy) is 2. The van der Waals surface area contributed by atoms with Gasteiger partial charge in [-0.2, -0.15) is 0 Å². The topological polar surface area (TPSA) is 73.6 Å². The van der Waals surface area contributed by atoms with Gasteiger partial charge in [0.2, 0.25) is 0 Å². The second-order valence-electron chi connectivity index (χ2n) is 8.82. The summed E-state index contributed by atoms with van der Waals surface area (Å²) in [4.78, 5) is 16.0. The Labute approximate surface area is 221 Å². The van der Waals surface area contributed by atoms with Gasteiger partial charge in [-0.25, -0.2) is 4.98 Å². The smallest absolute Gasteiger partial charge is 0.489 e. The van der Waals surface area contributed by atoms with Gasteiger partial charge < -0.3 is 19.1 Å². The molecule has 4 aromatic carbocycles. The van der Waals surface area contributed by atoms with E-state index in [0.29, 0.717) is 29.2 Å². The Balaban J connectivity index is 1.46. The number of hydrogen-bond donors (Lipinski definition) is 1. The largest absolute Gasteiger partial charge is 0.573 e. The minimum atomic E-state index is -4.77. The predicted molar refractivity (Wildman–Crippen MR) is 140 cm³/mol. The van der Waals surface area contributed by atoms with Crippen LogP contribution in [0.5, 0.6) is 11.5 Å². The molecule has 6 nitrogen and oxygen atoms in total. The molecule has 0 saturated carbocycles. The Morgan fingerprint density at radius 1 is 0.821 bits per heavy atom. The standard InChI is InChI=1S/C30H23F3N2O4/c31-30(32,33)39-24-15-13-20(14-16-24)29-34-25-10-4-5-11-26(25)35(29)18-22-8-1-2-9-23(22)19-38-27-12-6-3-7-21(27)17-28(36)37/h1-16H,17-19H2,(H,36,37). The fourth-order valence-corrected chi connectivity index (χ4v) is 4.39. The molecule has 5 rings (SSSR count). The number of benzene rings is 4. The Morgan fingerprint density at radius 3 is 2.18 bits per heavy atom. The van der Waals surface area contributed by atoms with Crippen LogP contribution < -0.4 is 9.47 Å². The number of alkyl halides is 3. The molecule has 9 heteroatoms. The molecule has 198 valence electrons. The molecule has 1 heterocycles. The van der Waals surface area contributed by atoms with Crippen LogP contribution in [0.25, 0.3) is 22.4 Å². The maximum absolute atomic E-state index is 12.6. The number of hydrogen-bond acceptors (Lipinski definition) is 4. The number of aliphatic carboxylic acids is 1. The minimum Gasteiger partial charge on any atom is -0.489 e. The van der Waals surface area contributed by atoms with E-state index in [2.05, 4.69) is 4.74 Å². The van der Waals surface area contributed by atoms with E-state index in [4.69, 9.17) is 9.72 Å². The summed E-state index contributed by atoms with van der Waals surface area (Å²) < 4.78 is 49.9. The number of halogens is 3. The molecular weight excluding hydrogens is 509 g/mol. The summed E-state index contributed by atoms with van der Waals surface area (Å²) in [5.74, 6) is -0.148. The molecule has 0 saturated heterocycles. The lowest BCUT2D eigenvalue weighted by molar-refractivity contribution is -0.274. The highest BCUT2D eigenvalue weighted by molar-refractivity contribution is 5.81. The van der Waals surface area contributed by atoms with Crippen molar-refractivity contribution in [1.29, 1.82) is 0 Å². The van der Waals surface area contributed by atoms with Gasteiger partial charge in [0.1, 0.15) is 23.9 Å². The van der Waals surface area contributed by atoms with Gasteiger partial charge in [-0.05, 0) is 53.6 Å². The molecule has 0 bridgehead atoms. The van der Waals surface area contributed by atoms with Crippen molar-refractivity contribution in [3.63, 3.8) is 0 Å². The summed E-state index contributed by atoms with van der Waals surface area (Å²) in [6.07, 6.45) is -4.91. The Bertz CT molecular complexity index is 1610. The fraction of sp³-hybridized carbons (Fsp3) is 0.133. The van der Waals surface area contributed by atoms with E-state index in [1.807, 2.05) is 53.1 Å². The van der Waals surface area contributed by atoms with Crippen molar-refractivity contribution >= 4 is 17.0 Å². The van der Waals surface area contributed by atoms with Crippen LogP contribution in [0.3, 0.4) is 0 Å². The lowest BCUT2D eigenvalue weighted by atomic mass is 10.1. The van der Waals surface area contributed by atoms with Crippen molar-refractivity contribution in [2.75, 3.05) is 0 Å². The van der Waals surface area contributed by atoms with E-state index in [0.717, 1.165) is 22.2 Å². The van der Waals surface area contributed by atoms with Crippen molar-refractivity contribution < 1.29 is 32.5 Å². The molecule has 1 aromatic heterocycles. The van der Waals surface area contributed by atoms with Crippen LogP contribution in [0, 0.1) is 0 Å². The summed E-state index contributed by atoms with van der Waals surface area (Å²) in [7, 11) is 0. The van der Waals surface area contributed by atoms with E-state index in [1.165, 1.54) is 12.1 Å². The van der Waals surface area contributed by atoms with Crippen LogP contribution in [0.2, 0.25) is 0 Å². The average Bonchev–Trinajstić information content (AvgIpc) is 3.26. The summed E-state index contributed by atoms with van der Waals surface area (Å²) >= 11 is 0. The highest BCUT2D eigenvalue weighted by atomic mass is 19.4. The van der Waals surface area contributed by atoms with Gasteiger partial charge in [0, 0.05) is 11.1 Å². The van der Waals surface area contributed by atoms with Gasteiger partial charge in [-0.1, -0.05) is 54.6 Å². The maximum Gasteiger partial charge on any atom is 0.573 e. The maximum atomic E-state index is 12.6. The molecule has 0 fully saturated rings. The van der Waals surface area contributed by atoms with E-state index in [-0.39, 0.29) is 18.8 Å². The molecule has 0 atom stereocenters. The normalized spacial score (nSPS) is 11.5. The quantitative estimate of drug-likeness (QED) is 0.225. The third-order valence-electron chi connectivity index (χ3n) is 6.14. The molecule has 0 radical (unpaired) electrons. The zero-order chi connectivity index (χ0) is 27.4. The summed E-state index contributed by atoms with van der Waals surface area (Å²) in [6, 6.07) is 28.0. The van der Waals surface area contributed by atoms with Crippen LogP contribution in [0.1, 0.15) is 16.7 Å². The number of fused-ring (bicyclic) bond motifs is 1. The van der Waals surface area contributed by atoms with Crippen molar-refractivity contribution in [1.82, 2.24) is 9.55 Å². The van der Waals surface area contributed by atoms with Crippen molar-refractivity contribution in [3.8, 4) is 22.9 Å². The molecule has 0 amide bonds. The van der Waals surface area contributed by atoms with Gasteiger partial charge in [0.05, 0.1) is 24.0 Å². The zero-order valence-corrected chi connectivity index (χ0v) is 20.6. The number of imidazole rings is 1. The van der Waals surface area contributed by atoms with Gasteiger partial charge in [0.25, 0.3) is 0 Å². The number of carboxylic acids is 1. The van der Waals surface area contributed by atoms with Gasteiger partial charge in [-0.3, -0.25) is 4.79 Å². The van der Waals surface area contributed by atoms with Crippen molar-refractivity contribution in [2.24, 2.45) is 0 Å². The van der Waals surface area contributed by atoms with Gasteiger partial charge >= 0.3 is 12.3 Å². The monoisotopic (exact) mass is 532 g/mol. The van der Waals surface area contributed by atoms with E-state index >= 15 is 0 Å². The second-order valence-corrected chi connectivity index (χ2v) is 8.82. The number of para-hydroxylation sites is 3. The van der Waals surface area contributed by atoms with Crippen molar-refractivity contribution in [2.45, 2.75) is 25.9 Å². The average molecular weight is 533 g/mol. The lowest BCUT2D eigenvalue weighted by Gasteiger charge is -2.16. The fourth-order valence-electron chi connectivity index (χ4n) is 4.39.